The van der Waals surface area contributed by atoms with Crippen LogP contribution in [0.25, 0.3) is 0 Å². The van der Waals surface area contributed by atoms with E-state index in [0.717, 1.165) is 58.6 Å². The number of rotatable bonds is 5. The zero-order valence-corrected chi connectivity index (χ0v) is 23.8. The summed E-state index contributed by atoms with van der Waals surface area (Å²) in [5.41, 5.74) is 3.45. The number of ether oxygens (including phenoxy) is 3. The maximum atomic E-state index is 13.6. The Bertz CT molecular complexity index is 1210. The second-order valence-electron chi connectivity index (χ2n) is 12.7. The molecule has 1 aliphatic heterocycles. The van der Waals surface area contributed by atoms with Gasteiger partial charge in [-0.3, -0.25) is 4.79 Å². The summed E-state index contributed by atoms with van der Waals surface area (Å²) in [4.78, 5) is 27.1. The van der Waals surface area contributed by atoms with Crippen LogP contribution >= 0.6 is 0 Å². The van der Waals surface area contributed by atoms with E-state index in [1.165, 1.54) is 12.8 Å². The highest BCUT2D eigenvalue weighted by Gasteiger charge is 2.52. The largest absolute Gasteiger partial charge is 0.488 e. The summed E-state index contributed by atoms with van der Waals surface area (Å²) >= 11 is 0. The molecule has 2 aromatic carbocycles. The van der Waals surface area contributed by atoms with Gasteiger partial charge in [-0.05, 0) is 106 Å². The quantitative estimate of drug-likeness (QED) is 0.309. The maximum absolute atomic E-state index is 13.6. The van der Waals surface area contributed by atoms with Gasteiger partial charge in [0.1, 0.15) is 18.1 Å². The van der Waals surface area contributed by atoms with Crippen LogP contribution in [0.15, 0.2) is 30.3 Å². The molecular formula is C33H42O5. The SMILES string of the molecule is Cc1c(C)c2c(c(C)c1OCc1ccccc1)CCC(C)(C(=O)OC(=O)C13CC(C)CC(CC(C)C1)C3)O2. The van der Waals surface area contributed by atoms with Gasteiger partial charge in [-0.1, -0.05) is 44.2 Å². The van der Waals surface area contributed by atoms with Crippen molar-refractivity contribution in [2.45, 2.75) is 98.7 Å². The van der Waals surface area contributed by atoms with Crippen molar-refractivity contribution >= 4 is 11.9 Å². The molecule has 38 heavy (non-hydrogen) atoms. The molecule has 2 aliphatic carbocycles. The number of hydrogen-bond acceptors (Lipinski definition) is 5. The van der Waals surface area contributed by atoms with Crippen LogP contribution in [0.5, 0.6) is 11.5 Å². The Kier molecular flexibility index (Phi) is 7.08. The van der Waals surface area contributed by atoms with Crippen molar-refractivity contribution in [2.75, 3.05) is 0 Å². The average molecular weight is 519 g/mol. The van der Waals surface area contributed by atoms with Gasteiger partial charge in [-0.15, -0.1) is 0 Å². The summed E-state index contributed by atoms with van der Waals surface area (Å²) < 4.78 is 18.4. The lowest BCUT2D eigenvalue weighted by molar-refractivity contribution is -0.183. The monoisotopic (exact) mass is 518 g/mol. The Balaban J connectivity index is 1.34. The van der Waals surface area contributed by atoms with Crippen molar-refractivity contribution in [1.82, 2.24) is 0 Å². The van der Waals surface area contributed by atoms with E-state index in [2.05, 4.69) is 32.9 Å². The maximum Gasteiger partial charge on any atom is 0.357 e. The molecule has 2 aromatic rings. The lowest BCUT2D eigenvalue weighted by atomic mass is 9.57. The highest BCUT2D eigenvalue weighted by Crippen LogP contribution is 2.53. The molecule has 3 atom stereocenters. The van der Waals surface area contributed by atoms with Crippen molar-refractivity contribution in [3.05, 3.63) is 58.1 Å². The van der Waals surface area contributed by atoms with Crippen molar-refractivity contribution < 1.29 is 23.8 Å². The Morgan fingerprint density at radius 3 is 2.24 bits per heavy atom. The van der Waals surface area contributed by atoms with Crippen molar-refractivity contribution in [3.8, 4) is 11.5 Å². The van der Waals surface area contributed by atoms with Crippen LogP contribution in [-0.2, 0) is 27.4 Å². The number of fused-ring (bicyclic) bond motifs is 3. The Morgan fingerprint density at radius 2 is 1.58 bits per heavy atom. The van der Waals surface area contributed by atoms with Crippen LogP contribution in [0.1, 0.15) is 87.1 Å². The van der Waals surface area contributed by atoms with E-state index >= 15 is 0 Å². The van der Waals surface area contributed by atoms with Gasteiger partial charge in [-0.2, -0.15) is 0 Å². The van der Waals surface area contributed by atoms with Gasteiger partial charge < -0.3 is 14.2 Å². The number of esters is 2. The molecule has 3 aliphatic rings. The molecule has 5 heteroatoms. The number of hydrogen-bond donors (Lipinski definition) is 0. The average Bonchev–Trinajstić information content (AvgIpc) is 2.87. The fraction of sp³-hybridized carbons (Fsp3) is 0.576. The summed E-state index contributed by atoms with van der Waals surface area (Å²) in [6, 6.07) is 10.1. The second kappa shape index (κ2) is 10.1. The van der Waals surface area contributed by atoms with Crippen LogP contribution < -0.4 is 9.47 Å². The predicted octanol–water partition coefficient (Wildman–Crippen LogP) is 7.20. The zero-order valence-electron chi connectivity index (χ0n) is 23.8. The van der Waals surface area contributed by atoms with Crippen LogP contribution in [0, 0.1) is 43.9 Å². The molecule has 2 bridgehead atoms. The van der Waals surface area contributed by atoms with Crippen LogP contribution in [0.2, 0.25) is 0 Å². The lowest BCUT2D eigenvalue weighted by Gasteiger charge is -2.48. The van der Waals surface area contributed by atoms with Gasteiger partial charge >= 0.3 is 11.9 Å². The van der Waals surface area contributed by atoms with Crippen molar-refractivity contribution in [3.63, 3.8) is 0 Å². The fourth-order valence-corrected chi connectivity index (χ4v) is 7.58. The topological polar surface area (TPSA) is 61.8 Å². The molecule has 5 nitrogen and oxygen atoms in total. The van der Waals surface area contributed by atoms with Crippen LogP contribution in [0.3, 0.4) is 0 Å². The standard InChI is InChI=1S/C33H42O5/c1-20-14-26-15-21(2)17-33(16-20,18-26)31(35)37-30(34)32(6)13-12-27-24(5)28(22(3)23(4)29(27)38-32)36-19-25-10-8-7-9-11-25/h7-11,20-21,26H,12-19H2,1-6H3. The smallest absolute Gasteiger partial charge is 0.357 e. The molecule has 0 saturated heterocycles. The third-order valence-corrected chi connectivity index (χ3v) is 9.40. The van der Waals surface area contributed by atoms with Gasteiger partial charge in [0.05, 0.1) is 5.41 Å². The molecule has 5 rings (SSSR count). The first kappa shape index (κ1) is 26.8. The Hall–Kier alpha value is -2.82. The lowest BCUT2D eigenvalue weighted by Crippen LogP contribution is -2.50. The highest BCUT2D eigenvalue weighted by molar-refractivity contribution is 5.93. The van der Waals surface area contributed by atoms with Crippen LogP contribution in [0.4, 0.5) is 0 Å². The van der Waals surface area contributed by atoms with E-state index in [0.29, 0.717) is 37.2 Å². The molecule has 0 spiro atoms. The number of carbonyl (C=O) groups excluding carboxylic acids is 2. The molecule has 0 radical (unpaired) electrons. The van der Waals surface area contributed by atoms with E-state index < -0.39 is 17.0 Å². The molecular weight excluding hydrogens is 476 g/mol. The normalized spacial score (nSPS) is 30.1. The van der Waals surface area contributed by atoms with Gasteiger partial charge in [0.25, 0.3) is 0 Å². The first-order valence-electron chi connectivity index (χ1n) is 14.3. The Morgan fingerprint density at radius 1 is 0.921 bits per heavy atom. The first-order chi connectivity index (χ1) is 18.0. The molecule has 3 unspecified atom stereocenters. The van der Waals surface area contributed by atoms with Crippen molar-refractivity contribution in [1.29, 1.82) is 0 Å². The zero-order chi connectivity index (χ0) is 27.2. The minimum absolute atomic E-state index is 0.338. The van der Waals surface area contributed by atoms with E-state index in [-0.39, 0.29) is 5.97 Å². The molecule has 0 aromatic heterocycles. The van der Waals surface area contributed by atoms with Crippen molar-refractivity contribution in [2.24, 2.45) is 23.2 Å². The van der Waals surface area contributed by atoms with Gasteiger partial charge in [0.2, 0.25) is 5.60 Å². The third kappa shape index (κ3) is 4.85. The molecule has 0 N–H and O–H groups in total. The summed E-state index contributed by atoms with van der Waals surface area (Å²) in [7, 11) is 0. The van der Waals surface area contributed by atoms with Crippen LogP contribution in [-0.4, -0.2) is 17.5 Å². The molecule has 1 heterocycles. The van der Waals surface area contributed by atoms with E-state index in [1.54, 1.807) is 6.92 Å². The van der Waals surface area contributed by atoms with E-state index in [9.17, 15) is 9.59 Å². The number of benzene rings is 2. The summed E-state index contributed by atoms with van der Waals surface area (Å²) in [6.07, 6.45) is 5.91. The second-order valence-corrected chi connectivity index (χ2v) is 12.7. The number of carbonyl (C=O) groups is 2. The van der Waals surface area contributed by atoms with Gasteiger partial charge in [0, 0.05) is 12.0 Å². The molecule has 0 amide bonds. The minimum atomic E-state index is -1.20. The fourth-order valence-electron chi connectivity index (χ4n) is 7.58. The Labute approximate surface area is 227 Å². The summed E-state index contributed by atoms with van der Waals surface area (Å²) in [5.74, 6) is 2.20. The predicted molar refractivity (Wildman–Crippen MR) is 147 cm³/mol. The molecule has 2 saturated carbocycles. The molecule has 2 fully saturated rings. The minimum Gasteiger partial charge on any atom is -0.488 e. The van der Waals surface area contributed by atoms with E-state index in [1.807, 2.05) is 32.0 Å². The first-order valence-corrected chi connectivity index (χ1v) is 14.3. The molecule has 204 valence electrons. The van der Waals surface area contributed by atoms with Gasteiger partial charge in [-0.25, -0.2) is 4.79 Å². The summed E-state index contributed by atoms with van der Waals surface area (Å²) in [5, 5.41) is 0. The third-order valence-electron chi connectivity index (χ3n) is 9.40. The summed E-state index contributed by atoms with van der Waals surface area (Å²) in [6.45, 7) is 12.8. The highest BCUT2D eigenvalue weighted by atomic mass is 16.6. The van der Waals surface area contributed by atoms with E-state index in [4.69, 9.17) is 14.2 Å². The van der Waals surface area contributed by atoms with Gasteiger partial charge in [0.15, 0.2) is 0 Å².